The fourth-order valence-corrected chi connectivity index (χ4v) is 5.55. The lowest BCUT2D eigenvalue weighted by Crippen LogP contribution is -2.35. The summed E-state index contributed by atoms with van der Waals surface area (Å²) in [5, 5.41) is 26.8. The van der Waals surface area contributed by atoms with E-state index < -0.39 is 0 Å². The standard InChI is InChI=1S/C34H22N8O2/c1-19-23(15-35)31-39-27-7-3-5-9-29(27)41(31)33(43)25(19)17-37-21-11-13-22(14-12-21)38-18-26-20(2)24(16-36)32-40-28-8-4-6-10-30(28)42(32)34(26)44/h3-14,17-18,37-38H,1-2H3/b25-17-,26-18+. The maximum Gasteiger partial charge on any atom is 0.265 e. The summed E-state index contributed by atoms with van der Waals surface area (Å²) in [6.07, 6.45) is 3.20. The molecule has 0 saturated carbocycles. The average molecular weight is 575 g/mol. The molecule has 0 aliphatic rings. The highest BCUT2D eigenvalue weighted by atomic mass is 16.1. The third kappa shape index (κ3) is 3.94. The lowest BCUT2D eigenvalue weighted by molar-refractivity contribution is 1.10. The highest BCUT2D eigenvalue weighted by Crippen LogP contribution is 2.19. The van der Waals surface area contributed by atoms with Crippen LogP contribution in [0.1, 0.15) is 22.3 Å². The summed E-state index contributed by atoms with van der Waals surface area (Å²) in [5.41, 5.74) is 5.93. The van der Waals surface area contributed by atoms with Gasteiger partial charge in [-0.05, 0) is 73.5 Å². The molecule has 3 aromatic carbocycles. The van der Waals surface area contributed by atoms with Gasteiger partial charge in [0.15, 0.2) is 11.3 Å². The van der Waals surface area contributed by atoms with Crippen LogP contribution < -0.4 is 32.2 Å². The van der Waals surface area contributed by atoms with E-state index in [0.717, 1.165) is 0 Å². The molecule has 2 N–H and O–H groups in total. The number of pyridine rings is 2. The molecule has 10 heteroatoms. The van der Waals surface area contributed by atoms with E-state index in [1.54, 1.807) is 38.4 Å². The molecule has 7 aromatic rings. The lowest BCUT2D eigenvalue weighted by atomic mass is 10.1. The van der Waals surface area contributed by atoms with E-state index in [0.29, 0.717) is 77.4 Å². The van der Waals surface area contributed by atoms with Crippen molar-refractivity contribution in [1.29, 1.82) is 10.5 Å². The molecule has 0 aliphatic heterocycles. The number of fused-ring (bicyclic) bond motifs is 6. The molecule has 0 fully saturated rings. The number of rotatable bonds is 4. The highest BCUT2D eigenvalue weighted by molar-refractivity contribution is 5.84. The van der Waals surface area contributed by atoms with Gasteiger partial charge in [0.2, 0.25) is 0 Å². The molecule has 0 aliphatic carbocycles. The van der Waals surface area contributed by atoms with Crippen LogP contribution in [-0.2, 0) is 0 Å². The average Bonchev–Trinajstić information content (AvgIpc) is 3.61. The van der Waals surface area contributed by atoms with Crippen LogP contribution in [0.3, 0.4) is 0 Å². The molecule has 7 rings (SSSR count). The van der Waals surface area contributed by atoms with Gasteiger partial charge in [0.1, 0.15) is 12.1 Å². The van der Waals surface area contributed by atoms with Gasteiger partial charge in [-0.2, -0.15) is 10.5 Å². The lowest BCUT2D eigenvalue weighted by Gasteiger charge is -2.07. The normalized spacial score (nSPS) is 12.3. The van der Waals surface area contributed by atoms with Crippen LogP contribution in [0.5, 0.6) is 0 Å². The molecular formula is C34H22N8O2. The largest absolute Gasteiger partial charge is 0.361 e. The monoisotopic (exact) mass is 574 g/mol. The second kappa shape index (κ2) is 10.1. The maximum absolute atomic E-state index is 13.5. The van der Waals surface area contributed by atoms with Crippen molar-refractivity contribution in [2.24, 2.45) is 0 Å². The van der Waals surface area contributed by atoms with Gasteiger partial charge in [-0.25, -0.2) is 9.97 Å². The quantitative estimate of drug-likeness (QED) is 0.326. The van der Waals surface area contributed by atoms with Crippen LogP contribution >= 0.6 is 0 Å². The summed E-state index contributed by atoms with van der Waals surface area (Å²) in [5.74, 6) is 0. The number of imidazole rings is 2. The Hall–Kier alpha value is -6.52. The number of nitrogens with one attached hydrogen (secondary N) is 2. The highest BCUT2D eigenvalue weighted by Gasteiger charge is 2.17. The van der Waals surface area contributed by atoms with E-state index in [4.69, 9.17) is 0 Å². The number of para-hydroxylation sites is 4. The number of hydrogen-bond donors (Lipinski definition) is 2. The minimum Gasteiger partial charge on any atom is -0.361 e. The van der Waals surface area contributed by atoms with E-state index in [1.807, 2.05) is 60.7 Å². The first kappa shape index (κ1) is 26.4. The molecule has 210 valence electrons. The van der Waals surface area contributed by atoms with Crippen LogP contribution in [0.4, 0.5) is 11.4 Å². The van der Waals surface area contributed by atoms with Crippen molar-refractivity contribution < 1.29 is 0 Å². The Kier molecular flexibility index (Phi) is 6.05. The zero-order valence-corrected chi connectivity index (χ0v) is 23.6. The summed E-state index contributed by atoms with van der Waals surface area (Å²) in [4.78, 5) is 36.0. The van der Waals surface area contributed by atoms with Crippen LogP contribution in [-0.4, -0.2) is 18.8 Å². The van der Waals surface area contributed by atoms with Gasteiger partial charge in [-0.15, -0.1) is 0 Å². The van der Waals surface area contributed by atoms with E-state index in [-0.39, 0.29) is 11.1 Å². The van der Waals surface area contributed by atoms with E-state index in [2.05, 4.69) is 32.7 Å². The minimum absolute atomic E-state index is 0.270. The van der Waals surface area contributed by atoms with Gasteiger partial charge in [-0.1, -0.05) is 24.3 Å². The number of anilines is 2. The van der Waals surface area contributed by atoms with Crippen LogP contribution in [0.25, 0.3) is 45.8 Å². The molecule has 0 unspecified atom stereocenters. The Morgan fingerprint density at radius 1 is 0.636 bits per heavy atom. The summed E-state index contributed by atoms with van der Waals surface area (Å²) < 4.78 is 2.95. The number of hydrogen-bond acceptors (Lipinski definition) is 8. The fraction of sp³-hybridized carbons (Fsp3) is 0.0588. The van der Waals surface area contributed by atoms with Gasteiger partial charge >= 0.3 is 0 Å². The predicted molar refractivity (Wildman–Crippen MR) is 170 cm³/mol. The van der Waals surface area contributed by atoms with Gasteiger partial charge in [0.05, 0.1) is 43.6 Å². The summed E-state index contributed by atoms with van der Waals surface area (Å²) in [7, 11) is 0. The Labute approximate surface area is 249 Å². The van der Waals surface area contributed by atoms with Crippen molar-refractivity contribution >= 4 is 57.1 Å². The van der Waals surface area contributed by atoms with Crippen LogP contribution in [0.15, 0.2) is 82.4 Å². The van der Waals surface area contributed by atoms with Crippen LogP contribution in [0, 0.1) is 36.5 Å². The van der Waals surface area contributed by atoms with Gasteiger partial charge in [0.25, 0.3) is 11.1 Å². The summed E-state index contributed by atoms with van der Waals surface area (Å²) in [6, 6.07) is 26.3. The molecule has 4 heterocycles. The van der Waals surface area contributed by atoms with Crippen molar-refractivity contribution in [3.8, 4) is 12.1 Å². The van der Waals surface area contributed by atoms with Crippen molar-refractivity contribution in [1.82, 2.24) is 18.8 Å². The fourth-order valence-electron chi connectivity index (χ4n) is 5.55. The summed E-state index contributed by atoms with van der Waals surface area (Å²) >= 11 is 0. The zero-order chi connectivity index (χ0) is 30.5. The minimum atomic E-state index is -0.270. The molecule has 4 aromatic heterocycles. The Bertz CT molecular complexity index is 2460. The SMILES string of the molecule is Cc1c(C#N)c2nc3ccccc3n2c(=O)/c1=C\Nc1ccc(N/C=c2\c(C)c(C#N)c3nc4ccccc4n3c2=O)cc1. The molecule has 0 atom stereocenters. The molecule has 0 radical (unpaired) electrons. The summed E-state index contributed by atoms with van der Waals surface area (Å²) in [6.45, 7) is 3.48. The van der Waals surface area contributed by atoms with E-state index in [9.17, 15) is 20.1 Å². The molecule has 44 heavy (non-hydrogen) atoms. The number of benzene rings is 3. The molecule has 10 nitrogen and oxygen atoms in total. The number of aromatic nitrogens is 4. The Balaban J connectivity index is 1.23. The molecular weight excluding hydrogens is 552 g/mol. The number of nitrogens with zero attached hydrogens (tertiary/aromatic N) is 6. The predicted octanol–water partition coefficient (Wildman–Crippen LogP) is 3.51. The third-order valence-corrected chi connectivity index (χ3v) is 7.87. The van der Waals surface area contributed by atoms with E-state index in [1.165, 1.54) is 8.80 Å². The van der Waals surface area contributed by atoms with Crippen molar-refractivity contribution in [2.45, 2.75) is 13.8 Å². The Morgan fingerprint density at radius 3 is 1.41 bits per heavy atom. The van der Waals surface area contributed by atoms with Gasteiger partial charge < -0.3 is 10.6 Å². The zero-order valence-electron chi connectivity index (χ0n) is 23.6. The number of nitriles is 2. The van der Waals surface area contributed by atoms with Crippen molar-refractivity contribution in [2.75, 3.05) is 10.6 Å². The first-order chi connectivity index (χ1) is 21.4. The van der Waals surface area contributed by atoms with Gasteiger partial charge in [-0.3, -0.25) is 18.4 Å². The first-order valence-electron chi connectivity index (χ1n) is 13.7. The van der Waals surface area contributed by atoms with Crippen LogP contribution in [0.2, 0.25) is 0 Å². The van der Waals surface area contributed by atoms with Crippen molar-refractivity contribution in [3.05, 3.63) is 126 Å². The first-order valence-corrected chi connectivity index (χ1v) is 13.7. The maximum atomic E-state index is 13.5. The second-order valence-electron chi connectivity index (χ2n) is 10.3. The van der Waals surface area contributed by atoms with Crippen molar-refractivity contribution in [3.63, 3.8) is 0 Å². The third-order valence-electron chi connectivity index (χ3n) is 7.87. The second-order valence-corrected chi connectivity index (χ2v) is 10.3. The van der Waals surface area contributed by atoms with Gasteiger partial charge in [0, 0.05) is 23.8 Å². The van der Waals surface area contributed by atoms with E-state index >= 15 is 0 Å². The topological polar surface area (TPSA) is 140 Å². The smallest absolute Gasteiger partial charge is 0.265 e. The molecule has 0 spiro atoms. The Morgan fingerprint density at radius 2 is 1.02 bits per heavy atom. The molecule has 0 bridgehead atoms. The molecule has 0 saturated heterocycles. The molecule has 0 amide bonds.